The Balaban J connectivity index is 1.71. The largest absolute Gasteiger partial charge is 0.418 e. The van der Waals surface area contributed by atoms with Crippen molar-refractivity contribution in [3.05, 3.63) is 40.3 Å². The van der Waals surface area contributed by atoms with Crippen LogP contribution in [-0.2, 0) is 25.7 Å². The molecule has 2 aromatic rings. The SMILES string of the molecule is CNC(=O)c1cnc(Nc2c3c(cc4c2CCC4)CCC3)o1. The number of nitrogens with one attached hydrogen (secondary N) is 2. The second kappa shape index (κ2) is 5.16. The van der Waals surface area contributed by atoms with Crippen molar-refractivity contribution in [2.24, 2.45) is 0 Å². The summed E-state index contributed by atoms with van der Waals surface area (Å²) in [5.74, 6) is -0.0294. The van der Waals surface area contributed by atoms with Crippen LogP contribution in [0.3, 0.4) is 0 Å². The lowest BCUT2D eigenvalue weighted by molar-refractivity contribution is 0.0936. The summed E-state index contributed by atoms with van der Waals surface area (Å²) in [5, 5.41) is 5.89. The molecule has 0 atom stereocenters. The molecule has 0 bridgehead atoms. The molecule has 1 aromatic heterocycles. The number of oxazole rings is 1. The zero-order chi connectivity index (χ0) is 15.1. The number of benzene rings is 1. The summed E-state index contributed by atoms with van der Waals surface area (Å²) in [6.45, 7) is 0. The van der Waals surface area contributed by atoms with Crippen molar-refractivity contribution in [3.63, 3.8) is 0 Å². The van der Waals surface area contributed by atoms with E-state index >= 15 is 0 Å². The van der Waals surface area contributed by atoms with Gasteiger partial charge in [-0.1, -0.05) is 6.07 Å². The van der Waals surface area contributed by atoms with Gasteiger partial charge in [-0.3, -0.25) is 4.79 Å². The van der Waals surface area contributed by atoms with Crippen LogP contribution in [0, 0.1) is 0 Å². The number of aromatic nitrogens is 1. The van der Waals surface area contributed by atoms with Gasteiger partial charge in [0.25, 0.3) is 11.9 Å². The van der Waals surface area contributed by atoms with Crippen LogP contribution >= 0.6 is 0 Å². The average Bonchev–Trinajstić information content (AvgIpc) is 3.25. The lowest BCUT2D eigenvalue weighted by atomic mass is 9.99. The number of anilines is 2. The molecule has 0 fully saturated rings. The summed E-state index contributed by atoms with van der Waals surface area (Å²) in [6.07, 6.45) is 8.41. The molecular formula is C17H19N3O2. The quantitative estimate of drug-likeness (QED) is 0.914. The Morgan fingerprint density at radius 3 is 2.45 bits per heavy atom. The van der Waals surface area contributed by atoms with Crippen LogP contribution in [0.4, 0.5) is 11.7 Å². The second-order valence-electron chi connectivity index (χ2n) is 5.97. The molecule has 5 heteroatoms. The first-order valence-corrected chi connectivity index (χ1v) is 7.87. The minimum atomic E-state index is -0.260. The molecule has 5 nitrogen and oxygen atoms in total. The van der Waals surface area contributed by atoms with Crippen molar-refractivity contribution in [3.8, 4) is 0 Å². The van der Waals surface area contributed by atoms with Gasteiger partial charge in [-0.2, -0.15) is 0 Å². The van der Waals surface area contributed by atoms with Gasteiger partial charge < -0.3 is 15.1 Å². The molecule has 0 saturated heterocycles. The van der Waals surface area contributed by atoms with E-state index in [1.165, 1.54) is 47.0 Å². The summed E-state index contributed by atoms with van der Waals surface area (Å²) >= 11 is 0. The second-order valence-corrected chi connectivity index (χ2v) is 5.97. The van der Waals surface area contributed by atoms with Crippen molar-refractivity contribution < 1.29 is 9.21 Å². The molecule has 0 spiro atoms. The van der Waals surface area contributed by atoms with Gasteiger partial charge in [-0.25, -0.2) is 4.98 Å². The fourth-order valence-electron chi connectivity index (χ4n) is 3.63. The van der Waals surface area contributed by atoms with Crippen LogP contribution in [0.1, 0.15) is 45.7 Å². The third kappa shape index (κ3) is 2.08. The van der Waals surface area contributed by atoms with Crippen molar-refractivity contribution in [1.82, 2.24) is 10.3 Å². The van der Waals surface area contributed by atoms with Crippen LogP contribution in [0.5, 0.6) is 0 Å². The lowest BCUT2D eigenvalue weighted by Crippen LogP contribution is -2.16. The number of fused-ring (bicyclic) bond motifs is 2. The van der Waals surface area contributed by atoms with E-state index in [0.717, 1.165) is 25.7 Å². The molecule has 2 N–H and O–H groups in total. The number of hydrogen-bond acceptors (Lipinski definition) is 4. The van der Waals surface area contributed by atoms with E-state index in [0.29, 0.717) is 6.01 Å². The van der Waals surface area contributed by atoms with E-state index in [2.05, 4.69) is 21.7 Å². The van der Waals surface area contributed by atoms with Crippen molar-refractivity contribution in [2.45, 2.75) is 38.5 Å². The van der Waals surface area contributed by atoms with Crippen LogP contribution < -0.4 is 10.6 Å². The maximum atomic E-state index is 11.6. The third-order valence-electron chi connectivity index (χ3n) is 4.66. The van der Waals surface area contributed by atoms with Gasteiger partial charge in [0.2, 0.25) is 5.76 Å². The van der Waals surface area contributed by atoms with Crippen molar-refractivity contribution in [1.29, 1.82) is 0 Å². The topological polar surface area (TPSA) is 67.2 Å². The Kier molecular flexibility index (Phi) is 3.13. The molecule has 0 radical (unpaired) electrons. The molecule has 4 rings (SSSR count). The first-order valence-electron chi connectivity index (χ1n) is 7.87. The van der Waals surface area contributed by atoms with Crippen LogP contribution in [0.15, 0.2) is 16.7 Å². The van der Waals surface area contributed by atoms with Gasteiger partial charge in [0, 0.05) is 12.7 Å². The smallest absolute Gasteiger partial charge is 0.299 e. The summed E-state index contributed by atoms with van der Waals surface area (Å²) in [7, 11) is 1.58. The maximum Gasteiger partial charge on any atom is 0.299 e. The predicted octanol–water partition coefficient (Wildman–Crippen LogP) is 2.76. The Morgan fingerprint density at radius 2 is 1.82 bits per heavy atom. The van der Waals surface area contributed by atoms with Crippen molar-refractivity contribution >= 4 is 17.6 Å². The average molecular weight is 297 g/mol. The van der Waals surface area contributed by atoms with E-state index in [1.54, 1.807) is 7.05 Å². The molecular weight excluding hydrogens is 278 g/mol. The number of amides is 1. The fourth-order valence-corrected chi connectivity index (χ4v) is 3.63. The van der Waals surface area contributed by atoms with Gasteiger partial charge in [-0.15, -0.1) is 0 Å². The van der Waals surface area contributed by atoms with Crippen LogP contribution in [0.25, 0.3) is 0 Å². The zero-order valence-corrected chi connectivity index (χ0v) is 12.7. The van der Waals surface area contributed by atoms with Crippen LogP contribution in [0.2, 0.25) is 0 Å². The Hall–Kier alpha value is -2.30. The predicted molar refractivity (Wildman–Crippen MR) is 83.7 cm³/mol. The van der Waals surface area contributed by atoms with Gasteiger partial charge in [-0.05, 0) is 60.8 Å². The molecule has 2 aliphatic carbocycles. The Morgan fingerprint density at radius 1 is 1.14 bits per heavy atom. The fraction of sp³-hybridized carbons (Fsp3) is 0.412. The highest BCUT2D eigenvalue weighted by Crippen LogP contribution is 2.39. The molecule has 114 valence electrons. The Labute approximate surface area is 129 Å². The number of rotatable bonds is 3. The number of hydrogen-bond donors (Lipinski definition) is 2. The number of carbonyl (C=O) groups is 1. The third-order valence-corrected chi connectivity index (χ3v) is 4.66. The van der Waals surface area contributed by atoms with E-state index in [4.69, 9.17) is 4.42 Å². The number of aryl methyl sites for hydroxylation is 2. The van der Waals surface area contributed by atoms with Crippen molar-refractivity contribution in [2.75, 3.05) is 12.4 Å². The molecule has 2 aliphatic rings. The lowest BCUT2D eigenvalue weighted by Gasteiger charge is -2.14. The molecule has 22 heavy (non-hydrogen) atoms. The highest BCUT2D eigenvalue weighted by molar-refractivity contribution is 5.91. The zero-order valence-electron chi connectivity index (χ0n) is 12.7. The summed E-state index contributed by atoms with van der Waals surface area (Å²) in [5.41, 5.74) is 6.90. The number of carbonyl (C=O) groups excluding carboxylic acids is 1. The molecule has 0 saturated carbocycles. The normalized spacial score (nSPS) is 15.5. The standard InChI is InChI=1S/C17H19N3O2/c1-18-16(21)14-9-19-17(22-14)20-15-12-6-2-4-10(12)8-11-5-3-7-13(11)15/h8-9H,2-7H2,1H3,(H,18,21)(H,19,20). The number of nitrogens with zero attached hydrogens (tertiary/aromatic N) is 1. The van der Waals surface area contributed by atoms with E-state index in [9.17, 15) is 4.79 Å². The van der Waals surface area contributed by atoms with E-state index < -0.39 is 0 Å². The Bertz CT molecular complexity index is 716. The van der Waals surface area contributed by atoms with Crippen LogP contribution in [-0.4, -0.2) is 17.9 Å². The first kappa shape index (κ1) is 13.4. The van der Waals surface area contributed by atoms with Gasteiger partial charge in [0.05, 0.1) is 6.20 Å². The molecule has 0 unspecified atom stereocenters. The van der Waals surface area contributed by atoms with Gasteiger partial charge in [0.15, 0.2) is 0 Å². The molecule has 1 heterocycles. The van der Waals surface area contributed by atoms with Gasteiger partial charge in [0.1, 0.15) is 0 Å². The van der Waals surface area contributed by atoms with Gasteiger partial charge >= 0.3 is 0 Å². The minimum Gasteiger partial charge on any atom is -0.418 e. The van der Waals surface area contributed by atoms with E-state index in [1.807, 2.05) is 0 Å². The minimum absolute atomic E-state index is 0.231. The molecule has 0 aliphatic heterocycles. The first-order chi connectivity index (χ1) is 10.8. The monoisotopic (exact) mass is 297 g/mol. The highest BCUT2D eigenvalue weighted by Gasteiger charge is 2.25. The maximum absolute atomic E-state index is 11.6. The molecule has 1 aromatic carbocycles. The summed E-state index contributed by atoms with van der Waals surface area (Å²) in [4.78, 5) is 15.8. The molecule has 1 amide bonds. The summed E-state index contributed by atoms with van der Waals surface area (Å²) < 4.78 is 5.53. The summed E-state index contributed by atoms with van der Waals surface area (Å²) in [6, 6.07) is 2.79. The highest BCUT2D eigenvalue weighted by atomic mass is 16.4. The van der Waals surface area contributed by atoms with E-state index in [-0.39, 0.29) is 11.7 Å².